The number of ether oxygens (including phenoxy) is 2. The summed E-state index contributed by atoms with van der Waals surface area (Å²) in [6.45, 7) is -0.0150. The molecular weight excluding hydrogens is 371 g/mol. The van der Waals surface area contributed by atoms with Crippen molar-refractivity contribution in [2.24, 2.45) is 11.8 Å². The quantitative estimate of drug-likeness (QED) is 0.616. The molecule has 1 N–H and O–H groups in total. The number of hydrogen-bond donors (Lipinski definition) is 1. The molecule has 0 aromatic heterocycles. The third-order valence-corrected chi connectivity index (χ3v) is 6.71. The van der Waals surface area contributed by atoms with E-state index in [0.717, 1.165) is 0 Å². The zero-order valence-electron chi connectivity index (χ0n) is 11.0. The average Bonchev–Trinajstić information content (AvgIpc) is 2.98. The van der Waals surface area contributed by atoms with Crippen LogP contribution in [0.5, 0.6) is 0 Å². The summed E-state index contributed by atoms with van der Waals surface area (Å²) in [6.07, 6.45) is -2.81. The summed E-state index contributed by atoms with van der Waals surface area (Å²) in [5.41, 5.74) is -5.80. The van der Waals surface area contributed by atoms with Gasteiger partial charge in [0.1, 0.15) is 6.10 Å². The second-order valence-electron chi connectivity index (χ2n) is 5.32. The fourth-order valence-corrected chi connectivity index (χ4v) is 5.18. The van der Waals surface area contributed by atoms with Crippen LogP contribution in [0.15, 0.2) is 0 Å². The number of alkyl halides is 3. The van der Waals surface area contributed by atoms with E-state index in [9.17, 15) is 34.8 Å². The maximum atomic E-state index is 12.2. The predicted molar refractivity (Wildman–Crippen MR) is 63.1 cm³/mol. The van der Waals surface area contributed by atoms with Crippen molar-refractivity contribution in [3.63, 3.8) is 0 Å². The molecule has 0 radical (unpaired) electrons. The molecule has 3 aliphatic heterocycles. The molecule has 23 heavy (non-hydrogen) atoms. The lowest BCUT2D eigenvalue weighted by atomic mass is 9.80. The van der Waals surface area contributed by atoms with Crippen molar-refractivity contribution in [3.05, 3.63) is 0 Å². The van der Waals surface area contributed by atoms with Crippen LogP contribution in [0.4, 0.5) is 13.2 Å². The number of carbonyl (C=O) groups is 1. The SMILES string of the molecule is O=C1OCC2C3OC(CC3OS(=O)(=O)NS(=O)(=O)C(F)(F)F)C12. The number of halogens is 3. The Hall–Kier alpha value is -0.960. The first-order chi connectivity index (χ1) is 10.4. The van der Waals surface area contributed by atoms with Crippen molar-refractivity contribution in [3.8, 4) is 0 Å². The van der Waals surface area contributed by atoms with Crippen molar-refractivity contribution in [2.45, 2.75) is 30.2 Å². The molecule has 3 saturated heterocycles. The Kier molecular flexibility index (Phi) is 3.68. The van der Waals surface area contributed by atoms with Crippen LogP contribution in [0.1, 0.15) is 6.42 Å². The van der Waals surface area contributed by atoms with Crippen LogP contribution in [-0.4, -0.2) is 53.2 Å². The van der Waals surface area contributed by atoms with Gasteiger partial charge in [0, 0.05) is 12.3 Å². The third-order valence-electron chi connectivity index (χ3n) is 3.90. The molecule has 0 amide bonds. The largest absolute Gasteiger partial charge is 0.512 e. The number of rotatable bonds is 4. The molecule has 3 rings (SSSR count). The fourth-order valence-electron chi connectivity index (χ4n) is 3.05. The summed E-state index contributed by atoms with van der Waals surface area (Å²) >= 11 is 0. The Morgan fingerprint density at radius 1 is 1.22 bits per heavy atom. The Bertz CT molecular complexity index is 732. The molecule has 9 nitrogen and oxygen atoms in total. The van der Waals surface area contributed by atoms with E-state index in [0.29, 0.717) is 4.13 Å². The van der Waals surface area contributed by atoms with Crippen LogP contribution in [-0.2, 0) is 38.8 Å². The number of fused-ring (bicyclic) bond motifs is 5. The van der Waals surface area contributed by atoms with Gasteiger partial charge in [-0.3, -0.25) is 8.98 Å². The Morgan fingerprint density at radius 2 is 1.87 bits per heavy atom. The van der Waals surface area contributed by atoms with Gasteiger partial charge >= 0.3 is 31.8 Å². The van der Waals surface area contributed by atoms with E-state index in [-0.39, 0.29) is 13.0 Å². The van der Waals surface area contributed by atoms with Crippen LogP contribution < -0.4 is 4.13 Å². The maximum absolute atomic E-state index is 12.2. The molecule has 0 aromatic carbocycles. The van der Waals surface area contributed by atoms with Gasteiger partial charge in [0.05, 0.1) is 24.7 Å². The average molecular weight is 381 g/mol. The minimum absolute atomic E-state index is 0.0150. The molecule has 2 bridgehead atoms. The van der Waals surface area contributed by atoms with Crippen LogP contribution >= 0.6 is 0 Å². The van der Waals surface area contributed by atoms with E-state index >= 15 is 0 Å². The highest BCUT2D eigenvalue weighted by Crippen LogP contribution is 2.48. The van der Waals surface area contributed by atoms with Crippen molar-refractivity contribution in [1.29, 1.82) is 0 Å². The summed E-state index contributed by atoms with van der Waals surface area (Å²) in [7, 11) is -11.4. The van der Waals surface area contributed by atoms with E-state index in [1.165, 1.54) is 0 Å². The second-order valence-corrected chi connectivity index (χ2v) is 8.55. The van der Waals surface area contributed by atoms with Gasteiger partial charge in [-0.25, -0.2) is 8.42 Å². The number of nitrogens with one attached hydrogen (secondary N) is 1. The van der Waals surface area contributed by atoms with Gasteiger partial charge in [0.25, 0.3) is 0 Å². The van der Waals surface area contributed by atoms with Crippen LogP contribution in [0.3, 0.4) is 0 Å². The van der Waals surface area contributed by atoms with Crippen molar-refractivity contribution < 1.29 is 48.5 Å². The zero-order chi connectivity index (χ0) is 17.2. The zero-order valence-corrected chi connectivity index (χ0v) is 12.7. The Labute approximate surface area is 128 Å². The van der Waals surface area contributed by atoms with Crippen molar-refractivity contribution in [2.75, 3.05) is 6.61 Å². The number of carbonyl (C=O) groups excluding carboxylic acids is 1. The summed E-state index contributed by atoms with van der Waals surface area (Å²) in [5, 5.41) is 0. The van der Waals surface area contributed by atoms with E-state index in [1.807, 2.05) is 0 Å². The second kappa shape index (κ2) is 5.02. The van der Waals surface area contributed by atoms with Gasteiger partial charge in [0.15, 0.2) is 0 Å². The molecule has 132 valence electrons. The smallest absolute Gasteiger partial charge is 0.465 e. The van der Waals surface area contributed by atoms with Gasteiger partial charge in [-0.2, -0.15) is 21.6 Å². The number of hydrogen-bond acceptors (Lipinski definition) is 8. The minimum Gasteiger partial charge on any atom is -0.465 e. The van der Waals surface area contributed by atoms with Crippen LogP contribution in [0.2, 0.25) is 0 Å². The minimum atomic E-state index is -6.12. The number of cyclic esters (lactones) is 1. The molecule has 3 heterocycles. The maximum Gasteiger partial charge on any atom is 0.512 e. The van der Waals surface area contributed by atoms with Crippen molar-refractivity contribution in [1.82, 2.24) is 4.13 Å². The standard InChI is InChI=1S/C9H10F3NO8S2/c10-9(11,12)22(15,16)13-23(17,18)21-5-1-4-6-3(7(5)20-4)2-19-8(6)14/h3-7,13H,1-2H2. The molecule has 0 saturated carbocycles. The molecule has 14 heteroatoms. The molecule has 3 fully saturated rings. The first-order valence-electron chi connectivity index (χ1n) is 6.26. The van der Waals surface area contributed by atoms with Gasteiger partial charge in [0.2, 0.25) is 0 Å². The van der Waals surface area contributed by atoms with Crippen molar-refractivity contribution >= 4 is 26.3 Å². The van der Waals surface area contributed by atoms with Gasteiger partial charge in [-0.05, 0) is 0 Å². The first kappa shape index (κ1) is 16.9. The van der Waals surface area contributed by atoms with E-state index < -0.39 is 62.0 Å². The molecule has 5 unspecified atom stereocenters. The lowest BCUT2D eigenvalue weighted by molar-refractivity contribution is -0.143. The summed E-state index contributed by atoms with van der Waals surface area (Å²) in [5.74, 6) is -1.52. The number of esters is 1. The predicted octanol–water partition coefficient (Wildman–Crippen LogP) is -0.984. The molecule has 5 atom stereocenters. The van der Waals surface area contributed by atoms with E-state index in [2.05, 4.69) is 4.18 Å². The van der Waals surface area contributed by atoms with Gasteiger partial charge < -0.3 is 9.47 Å². The fraction of sp³-hybridized carbons (Fsp3) is 0.889. The van der Waals surface area contributed by atoms with E-state index in [1.54, 1.807) is 0 Å². The Morgan fingerprint density at radius 3 is 2.48 bits per heavy atom. The summed E-state index contributed by atoms with van der Waals surface area (Å²) < 4.78 is 96.5. The molecular formula is C9H10F3NO8S2. The summed E-state index contributed by atoms with van der Waals surface area (Å²) in [6, 6.07) is 0. The van der Waals surface area contributed by atoms with Crippen LogP contribution in [0.25, 0.3) is 0 Å². The van der Waals surface area contributed by atoms with Gasteiger partial charge in [-0.1, -0.05) is 4.13 Å². The van der Waals surface area contributed by atoms with Crippen LogP contribution in [0, 0.1) is 11.8 Å². The first-order valence-corrected chi connectivity index (χ1v) is 9.15. The Balaban J connectivity index is 1.70. The normalized spacial score (nSPS) is 37.0. The van der Waals surface area contributed by atoms with E-state index in [4.69, 9.17) is 9.47 Å². The lowest BCUT2D eigenvalue weighted by Crippen LogP contribution is -2.45. The molecule has 3 aliphatic rings. The monoisotopic (exact) mass is 381 g/mol. The highest BCUT2D eigenvalue weighted by atomic mass is 32.3. The topological polar surface area (TPSA) is 125 Å². The molecule has 0 spiro atoms. The summed E-state index contributed by atoms with van der Waals surface area (Å²) in [4.78, 5) is 11.5. The highest BCUT2D eigenvalue weighted by Gasteiger charge is 2.62. The molecule has 0 aliphatic carbocycles. The number of sulfonamides is 1. The molecule has 0 aromatic rings. The highest BCUT2D eigenvalue weighted by molar-refractivity contribution is 8.03. The lowest BCUT2D eigenvalue weighted by Gasteiger charge is -2.24. The third kappa shape index (κ3) is 2.82. The van der Waals surface area contributed by atoms with Gasteiger partial charge in [-0.15, -0.1) is 0 Å².